The highest BCUT2D eigenvalue weighted by molar-refractivity contribution is 7.99. The Kier molecular flexibility index (Phi) is 6.43. The van der Waals surface area contributed by atoms with E-state index >= 15 is 0 Å². The van der Waals surface area contributed by atoms with E-state index < -0.39 is 0 Å². The van der Waals surface area contributed by atoms with Crippen molar-refractivity contribution < 1.29 is 18.3 Å². The molecule has 0 atom stereocenters. The Morgan fingerprint density at radius 3 is 2.81 bits per heavy atom. The lowest BCUT2D eigenvalue weighted by molar-refractivity contribution is -0.118. The van der Waals surface area contributed by atoms with E-state index in [1.54, 1.807) is 12.1 Å². The molecule has 1 aromatic heterocycles. The second kappa shape index (κ2) is 9.18. The number of aryl methyl sites for hydroxylation is 1. The van der Waals surface area contributed by atoms with Gasteiger partial charge in [-0.15, -0.1) is 10.2 Å². The van der Waals surface area contributed by atoms with Gasteiger partial charge in [-0.25, -0.2) is 4.39 Å². The fourth-order valence-corrected chi connectivity index (χ4v) is 2.80. The average molecular weight is 387 g/mol. The maximum absolute atomic E-state index is 12.8. The van der Waals surface area contributed by atoms with Crippen LogP contribution in [0.15, 0.2) is 58.2 Å². The molecular weight excluding hydrogens is 369 g/mol. The summed E-state index contributed by atoms with van der Waals surface area (Å²) in [6.45, 7) is 2.47. The summed E-state index contributed by atoms with van der Waals surface area (Å²) in [6.07, 6.45) is 0. The van der Waals surface area contributed by atoms with Gasteiger partial charge in [0, 0.05) is 6.54 Å². The molecule has 1 N–H and O–H groups in total. The van der Waals surface area contributed by atoms with Crippen molar-refractivity contribution in [3.63, 3.8) is 0 Å². The molecule has 2 aromatic carbocycles. The number of carbonyl (C=O) groups is 1. The van der Waals surface area contributed by atoms with E-state index in [4.69, 9.17) is 9.15 Å². The lowest BCUT2D eigenvalue weighted by Gasteiger charge is -2.04. The minimum atomic E-state index is -0.306. The predicted octanol–water partition coefficient (Wildman–Crippen LogP) is 3.50. The van der Waals surface area contributed by atoms with E-state index in [9.17, 15) is 9.18 Å². The SMILES string of the molecule is Cc1cccc(OCc2nnc(SCC(=O)NCc3ccc(F)cc3)o2)c1. The van der Waals surface area contributed by atoms with Crippen LogP contribution in [0.5, 0.6) is 5.75 Å². The molecule has 0 unspecified atom stereocenters. The summed E-state index contributed by atoms with van der Waals surface area (Å²) in [6, 6.07) is 13.6. The molecule has 3 rings (SSSR count). The summed E-state index contributed by atoms with van der Waals surface area (Å²) in [4.78, 5) is 11.9. The Bertz CT molecular complexity index is 899. The molecule has 0 bridgehead atoms. The van der Waals surface area contributed by atoms with Crippen LogP contribution in [0.4, 0.5) is 4.39 Å². The molecule has 0 radical (unpaired) electrons. The Morgan fingerprint density at radius 1 is 1.22 bits per heavy atom. The standard InChI is InChI=1S/C19H18FN3O3S/c1-13-3-2-4-16(9-13)25-11-18-22-23-19(26-18)27-12-17(24)21-10-14-5-7-15(20)8-6-14/h2-9H,10-12H2,1H3,(H,21,24). The van der Waals surface area contributed by atoms with E-state index in [2.05, 4.69) is 15.5 Å². The smallest absolute Gasteiger partial charge is 0.277 e. The Balaban J connectivity index is 1.40. The van der Waals surface area contributed by atoms with Gasteiger partial charge in [-0.2, -0.15) is 0 Å². The second-order valence-corrected chi connectivity index (χ2v) is 6.69. The topological polar surface area (TPSA) is 77.2 Å². The van der Waals surface area contributed by atoms with Gasteiger partial charge in [-0.3, -0.25) is 4.79 Å². The number of thioether (sulfide) groups is 1. The third-order valence-corrected chi connectivity index (χ3v) is 4.35. The minimum absolute atomic E-state index is 0.140. The molecule has 0 spiro atoms. The van der Waals surface area contributed by atoms with Gasteiger partial charge in [0.1, 0.15) is 11.6 Å². The number of nitrogens with zero attached hydrogens (tertiary/aromatic N) is 2. The number of nitrogens with one attached hydrogen (secondary N) is 1. The number of amides is 1. The zero-order valence-corrected chi connectivity index (χ0v) is 15.5. The molecule has 0 fully saturated rings. The highest BCUT2D eigenvalue weighted by atomic mass is 32.2. The molecule has 0 saturated carbocycles. The van der Waals surface area contributed by atoms with E-state index in [0.29, 0.717) is 17.7 Å². The van der Waals surface area contributed by atoms with Gasteiger partial charge in [0.05, 0.1) is 5.75 Å². The summed E-state index contributed by atoms with van der Waals surface area (Å²) in [7, 11) is 0. The van der Waals surface area contributed by atoms with Crippen LogP contribution in [0.3, 0.4) is 0 Å². The summed E-state index contributed by atoms with van der Waals surface area (Å²) < 4.78 is 23.9. The molecule has 6 nitrogen and oxygen atoms in total. The maximum atomic E-state index is 12.8. The summed E-state index contributed by atoms with van der Waals surface area (Å²) in [5, 5.41) is 10.8. The zero-order valence-electron chi connectivity index (χ0n) is 14.6. The lowest BCUT2D eigenvalue weighted by atomic mass is 10.2. The number of ether oxygens (including phenoxy) is 1. The van der Waals surface area contributed by atoms with Crippen molar-refractivity contribution in [3.8, 4) is 5.75 Å². The van der Waals surface area contributed by atoms with Gasteiger partial charge in [0.15, 0.2) is 6.61 Å². The third kappa shape index (κ3) is 6.10. The van der Waals surface area contributed by atoms with Crippen LogP contribution >= 0.6 is 11.8 Å². The second-order valence-electron chi connectivity index (χ2n) is 5.76. The molecule has 27 heavy (non-hydrogen) atoms. The molecular formula is C19H18FN3O3S. The van der Waals surface area contributed by atoms with Crippen molar-refractivity contribution in [2.75, 3.05) is 5.75 Å². The van der Waals surface area contributed by atoms with Crippen molar-refractivity contribution in [1.29, 1.82) is 0 Å². The number of carbonyl (C=O) groups excluding carboxylic acids is 1. The summed E-state index contributed by atoms with van der Waals surface area (Å²) >= 11 is 1.14. The molecule has 1 heterocycles. The Hall–Kier alpha value is -2.87. The van der Waals surface area contributed by atoms with Gasteiger partial charge in [-0.1, -0.05) is 36.0 Å². The fourth-order valence-electron chi connectivity index (χ4n) is 2.19. The lowest BCUT2D eigenvalue weighted by Crippen LogP contribution is -2.24. The molecule has 8 heteroatoms. The first kappa shape index (κ1) is 18.9. The van der Waals surface area contributed by atoms with Crippen molar-refractivity contribution in [3.05, 3.63) is 71.4 Å². The number of aromatic nitrogens is 2. The monoisotopic (exact) mass is 387 g/mol. The first-order valence-electron chi connectivity index (χ1n) is 8.24. The number of hydrogen-bond acceptors (Lipinski definition) is 6. The molecule has 1 amide bonds. The molecule has 0 saturated heterocycles. The van der Waals surface area contributed by atoms with Crippen LogP contribution in [-0.4, -0.2) is 21.9 Å². The van der Waals surface area contributed by atoms with Crippen LogP contribution in [0.25, 0.3) is 0 Å². The van der Waals surface area contributed by atoms with Gasteiger partial charge >= 0.3 is 0 Å². The van der Waals surface area contributed by atoms with E-state index in [-0.39, 0.29) is 24.1 Å². The van der Waals surface area contributed by atoms with Crippen molar-refractivity contribution >= 4 is 17.7 Å². The zero-order chi connectivity index (χ0) is 19.1. The predicted molar refractivity (Wildman–Crippen MR) is 98.8 cm³/mol. The molecule has 140 valence electrons. The Morgan fingerprint density at radius 2 is 2.04 bits per heavy atom. The third-order valence-electron chi connectivity index (χ3n) is 3.53. The summed E-state index contributed by atoms with van der Waals surface area (Å²) in [5.74, 6) is 0.717. The first-order chi connectivity index (χ1) is 13.1. The van der Waals surface area contributed by atoms with E-state index in [1.165, 1.54) is 12.1 Å². The van der Waals surface area contributed by atoms with Crippen molar-refractivity contribution in [1.82, 2.24) is 15.5 Å². The largest absolute Gasteiger partial charge is 0.484 e. The van der Waals surface area contributed by atoms with Gasteiger partial charge < -0.3 is 14.5 Å². The molecule has 0 aliphatic heterocycles. The maximum Gasteiger partial charge on any atom is 0.277 e. The van der Waals surface area contributed by atoms with E-state index in [0.717, 1.165) is 28.6 Å². The van der Waals surface area contributed by atoms with Crippen LogP contribution in [-0.2, 0) is 17.9 Å². The average Bonchev–Trinajstić information content (AvgIpc) is 3.12. The molecule has 3 aromatic rings. The highest BCUT2D eigenvalue weighted by Crippen LogP contribution is 2.18. The van der Waals surface area contributed by atoms with Crippen molar-refractivity contribution in [2.24, 2.45) is 0 Å². The van der Waals surface area contributed by atoms with Crippen molar-refractivity contribution in [2.45, 2.75) is 25.3 Å². The number of hydrogen-bond donors (Lipinski definition) is 1. The quantitative estimate of drug-likeness (QED) is 0.596. The first-order valence-corrected chi connectivity index (χ1v) is 9.23. The van der Waals surface area contributed by atoms with Gasteiger partial charge in [-0.05, 0) is 42.3 Å². The molecule has 0 aliphatic rings. The van der Waals surface area contributed by atoms with Crippen LogP contribution in [0.1, 0.15) is 17.0 Å². The van der Waals surface area contributed by atoms with Gasteiger partial charge in [0.2, 0.25) is 5.91 Å². The summed E-state index contributed by atoms with van der Waals surface area (Å²) in [5.41, 5.74) is 1.92. The van der Waals surface area contributed by atoms with Crippen LogP contribution in [0, 0.1) is 12.7 Å². The Labute approximate surface area is 160 Å². The van der Waals surface area contributed by atoms with Crippen LogP contribution < -0.4 is 10.1 Å². The highest BCUT2D eigenvalue weighted by Gasteiger charge is 2.10. The number of benzene rings is 2. The van der Waals surface area contributed by atoms with Crippen LogP contribution in [0.2, 0.25) is 0 Å². The number of halogens is 1. The van der Waals surface area contributed by atoms with Gasteiger partial charge in [0.25, 0.3) is 11.1 Å². The molecule has 0 aliphatic carbocycles. The minimum Gasteiger partial charge on any atom is -0.484 e. The normalized spacial score (nSPS) is 10.6. The number of rotatable bonds is 8. The fraction of sp³-hybridized carbons (Fsp3) is 0.211. The van der Waals surface area contributed by atoms with E-state index in [1.807, 2.05) is 31.2 Å².